The van der Waals surface area contributed by atoms with E-state index in [2.05, 4.69) is 5.10 Å². The maximum Gasteiger partial charge on any atom is 0.336 e. The summed E-state index contributed by atoms with van der Waals surface area (Å²) >= 11 is 0. The highest BCUT2D eigenvalue weighted by atomic mass is 16.5. The molecule has 4 aromatic rings. The number of aromatic amines is 1. The van der Waals surface area contributed by atoms with Crippen LogP contribution in [0.2, 0.25) is 0 Å². The Morgan fingerprint density at radius 1 is 1.03 bits per heavy atom. The van der Waals surface area contributed by atoms with Crippen molar-refractivity contribution in [3.63, 3.8) is 0 Å². The molecule has 0 fully saturated rings. The average Bonchev–Trinajstić information content (AvgIpc) is 2.75. The van der Waals surface area contributed by atoms with Crippen molar-refractivity contribution in [2.45, 2.75) is 13.2 Å². The minimum Gasteiger partial charge on any atom is -0.497 e. The van der Waals surface area contributed by atoms with Crippen LogP contribution in [0, 0.1) is 0 Å². The van der Waals surface area contributed by atoms with E-state index in [1.54, 1.807) is 30.3 Å². The summed E-state index contributed by atoms with van der Waals surface area (Å²) in [4.78, 5) is 48.7. The maximum absolute atomic E-state index is 12.5. The molecule has 0 radical (unpaired) electrons. The number of fused-ring (bicyclic) bond motifs is 2. The fourth-order valence-electron chi connectivity index (χ4n) is 3.15. The number of carbonyl (C=O) groups excluding carboxylic acids is 1. The molecule has 0 aliphatic carbocycles. The van der Waals surface area contributed by atoms with Crippen LogP contribution in [0.15, 0.2) is 67.3 Å². The number of ether oxygens (including phenoxy) is 2. The van der Waals surface area contributed by atoms with Crippen LogP contribution >= 0.6 is 0 Å². The number of methoxy groups -OCH3 is 1. The smallest absolute Gasteiger partial charge is 0.336 e. The van der Waals surface area contributed by atoms with Gasteiger partial charge in [0.15, 0.2) is 0 Å². The molecular weight excluding hydrogens is 392 g/mol. The Bertz CT molecular complexity index is 1450. The zero-order chi connectivity index (χ0) is 21.3. The second kappa shape index (κ2) is 7.70. The number of carbonyl (C=O) groups is 1. The molecule has 4 rings (SSSR count). The number of aromatic nitrogens is 2. The van der Waals surface area contributed by atoms with Crippen LogP contribution in [0.25, 0.3) is 21.7 Å². The van der Waals surface area contributed by atoms with Crippen LogP contribution in [0.4, 0.5) is 0 Å². The molecule has 0 unspecified atom stereocenters. The predicted octanol–water partition coefficient (Wildman–Crippen LogP) is 1.55. The third-order valence-corrected chi connectivity index (χ3v) is 4.60. The molecule has 0 saturated heterocycles. The first-order chi connectivity index (χ1) is 14.5. The van der Waals surface area contributed by atoms with Gasteiger partial charge in [0.1, 0.15) is 24.5 Å². The number of H-pyrrole nitrogens is 1. The Balaban J connectivity index is 1.57. The Hall–Kier alpha value is -4.14. The molecule has 2 aromatic heterocycles. The minimum absolute atomic E-state index is 0.203. The third-order valence-electron chi connectivity index (χ3n) is 4.60. The van der Waals surface area contributed by atoms with Gasteiger partial charge in [0.25, 0.3) is 11.1 Å². The Morgan fingerprint density at radius 3 is 2.57 bits per heavy atom. The van der Waals surface area contributed by atoms with Crippen molar-refractivity contribution in [2.75, 3.05) is 7.11 Å². The molecule has 0 aliphatic rings. The van der Waals surface area contributed by atoms with E-state index in [4.69, 9.17) is 13.9 Å². The number of nitrogens with zero attached hydrogens (tertiary/aromatic N) is 1. The highest BCUT2D eigenvalue weighted by Gasteiger charge is 2.13. The van der Waals surface area contributed by atoms with Gasteiger partial charge in [-0.2, -0.15) is 0 Å². The van der Waals surface area contributed by atoms with E-state index < -0.39 is 29.3 Å². The van der Waals surface area contributed by atoms with Crippen LogP contribution in [0.1, 0.15) is 5.56 Å². The first-order valence-electron chi connectivity index (χ1n) is 8.94. The first-order valence-corrected chi connectivity index (χ1v) is 8.94. The standard InChI is InChI=1S/C21H16N2O7/c1-28-13-6-7-14-12(8-18(24)30-17(14)9-13)11-29-19(25)10-23-21(27)16-5-3-2-4-15(16)20(26)22-23/h2-9H,10-11H2,1H3,(H,22,26). The summed E-state index contributed by atoms with van der Waals surface area (Å²) in [6.07, 6.45) is 0. The molecule has 2 heterocycles. The van der Waals surface area contributed by atoms with E-state index in [-0.39, 0.29) is 17.4 Å². The van der Waals surface area contributed by atoms with E-state index >= 15 is 0 Å². The molecule has 152 valence electrons. The van der Waals surface area contributed by atoms with E-state index in [1.165, 1.54) is 25.3 Å². The van der Waals surface area contributed by atoms with Crippen molar-refractivity contribution < 1.29 is 18.7 Å². The van der Waals surface area contributed by atoms with Gasteiger partial charge in [-0.05, 0) is 24.3 Å². The molecule has 2 aromatic carbocycles. The number of hydrogen-bond acceptors (Lipinski definition) is 7. The minimum atomic E-state index is -0.752. The summed E-state index contributed by atoms with van der Waals surface area (Å²) in [7, 11) is 1.49. The highest BCUT2D eigenvalue weighted by Crippen LogP contribution is 2.23. The highest BCUT2D eigenvalue weighted by molar-refractivity contribution is 5.82. The van der Waals surface area contributed by atoms with Crippen molar-refractivity contribution >= 4 is 27.7 Å². The van der Waals surface area contributed by atoms with Gasteiger partial charge in [-0.25, -0.2) is 9.48 Å². The van der Waals surface area contributed by atoms with Gasteiger partial charge in [0.05, 0.1) is 17.9 Å². The second-order valence-electron chi connectivity index (χ2n) is 6.49. The van der Waals surface area contributed by atoms with Gasteiger partial charge < -0.3 is 13.9 Å². The zero-order valence-electron chi connectivity index (χ0n) is 15.8. The monoisotopic (exact) mass is 408 g/mol. The second-order valence-corrected chi connectivity index (χ2v) is 6.49. The van der Waals surface area contributed by atoms with Crippen molar-refractivity contribution in [3.05, 3.63) is 85.2 Å². The van der Waals surface area contributed by atoms with Gasteiger partial charge in [-0.3, -0.25) is 19.5 Å². The molecule has 0 amide bonds. The van der Waals surface area contributed by atoms with Crippen molar-refractivity contribution in [3.8, 4) is 5.75 Å². The molecular formula is C21H16N2O7. The molecule has 1 N–H and O–H groups in total. The summed E-state index contributed by atoms with van der Waals surface area (Å²) in [6, 6.07) is 12.5. The molecule has 0 atom stereocenters. The Morgan fingerprint density at radius 2 is 1.80 bits per heavy atom. The van der Waals surface area contributed by atoms with E-state index in [0.717, 1.165) is 4.68 Å². The molecule has 0 aliphatic heterocycles. The lowest BCUT2D eigenvalue weighted by Gasteiger charge is -2.09. The van der Waals surface area contributed by atoms with Crippen molar-refractivity contribution in [1.82, 2.24) is 9.78 Å². The summed E-state index contributed by atoms with van der Waals surface area (Å²) < 4.78 is 16.4. The average molecular weight is 408 g/mol. The Labute approximate surface area is 168 Å². The molecule has 0 saturated carbocycles. The fraction of sp³-hybridized carbons (Fsp3) is 0.143. The topological polar surface area (TPSA) is 121 Å². The maximum atomic E-state index is 12.5. The zero-order valence-corrected chi connectivity index (χ0v) is 15.8. The lowest BCUT2D eigenvalue weighted by molar-refractivity contribution is -0.145. The summed E-state index contributed by atoms with van der Waals surface area (Å²) in [5.41, 5.74) is -0.866. The number of rotatable bonds is 5. The van der Waals surface area contributed by atoms with Gasteiger partial charge in [-0.1, -0.05) is 12.1 Å². The third kappa shape index (κ3) is 3.60. The van der Waals surface area contributed by atoms with E-state index in [9.17, 15) is 19.2 Å². The summed E-state index contributed by atoms with van der Waals surface area (Å²) in [6.45, 7) is -0.689. The fourth-order valence-corrected chi connectivity index (χ4v) is 3.15. The van der Waals surface area contributed by atoms with Crippen LogP contribution in [-0.2, 0) is 22.7 Å². The number of esters is 1. The van der Waals surface area contributed by atoms with Crippen molar-refractivity contribution in [1.29, 1.82) is 0 Å². The van der Waals surface area contributed by atoms with Gasteiger partial charge in [0.2, 0.25) is 0 Å². The molecule has 0 bridgehead atoms. The lowest BCUT2D eigenvalue weighted by atomic mass is 10.1. The van der Waals surface area contributed by atoms with Gasteiger partial charge in [-0.15, -0.1) is 0 Å². The van der Waals surface area contributed by atoms with Gasteiger partial charge in [0, 0.05) is 23.1 Å². The Kier molecular flexibility index (Phi) is 4.93. The van der Waals surface area contributed by atoms with Crippen molar-refractivity contribution in [2.24, 2.45) is 0 Å². The summed E-state index contributed by atoms with van der Waals surface area (Å²) in [5.74, 6) is -0.239. The molecule has 9 heteroatoms. The summed E-state index contributed by atoms with van der Waals surface area (Å²) in [5, 5.41) is 3.39. The molecule has 0 spiro atoms. The lowest BCUT2D eigenvalue weighted by Crippen LogP contribution is -2.32. The van der Waals surface area contributed by atoms with Crippen LogP contribution in [0.5, 0.6) is 5.75 Å². The number of hydrogen-bond donors (Lipinski definition) is 1. The predicted molar refractivity (Wildman–Crippen MR) is 108 cm³/mol. The van der Waals surface area contributed by atoms with Gasteiger partial charge >= 0.3 is 11.6 Å². The van der Waals surface area contributed by atoms with E-state index in [1.807, 2.05) is 0 Å². The van der Waals surface area contributed by atoms with Crippen LogP contribution in [0.3, 0.4) is 0 Å². The van der Waals surface area contributed by atoms with Crippen LogP contribution < -0.4 is 21.5 Å². The SMILES string of the molecule is COc1ccc2c(COC(=O)Cn3[nH]c(=O)c4ccccc4c3=O)cc(=O)oc2c1. The van der Waals surface area contributed by atoms with Crippen LogP contribution in [-0.4, -0.2) is 22.9 Å². The molecule has 9 nitrogen and oxygen atoms in total. The van der Waals surface area contributed by atoms with E-state index in [0.29, 0.717) is 22.3 Å². The largest absolute Gasteiger partial charge is 0.497 e. The molecule has 30 heavy (non-hydrogen) atoms. The normalized spacial score (nSPS) is 11.0. The first kappa shape index (κ1) is 19.2. The number of benzene rings is 2. The number of nitrogens with one attached hydrogen (secondary N) is 1. The quantitative estimate of drug-likeness (QED) is 0.393.